The van der Waals surface area contributed by atoms with Gasteiger partial charge in [-0.25, -0.2) is 9.97 Å². The third-order valence-electron chi connectivity index (χ3n) is 4.33. The first-order chi connectivity index (χ1) is 13.9. The highest BCUT2D eigenvalue weighted by molar-refractivity contribution is 6.01. The number of aliphatic hydroxyl groups is 2. The Bertz CT molecular complexity index is 764. The van der Waals surface area contributed by atoms with Crippen LogP contribution < -0.4 is 22.1 Å². The molecule has 4 atom stereocenters. The number of carboxylic acids is 2. The molecule has 1 aromatic rings. The smallest absolute Gasteiger partial charge is 0.310 e. The van der Waals surface area contributed by atoms with Crippen LogP contribution >= 0.6 is 0 Å². The Morgan fingerprint density at radius 2 is 1.10 bits per heavy atom. The Hall–Kier alpha value is -3.52. The average molecular weight is 428 g/mol. The number of aliphatic carboxylic acids is 2. The summed E-state index contributed by atoms with van der Waals surface area (Å²) >= 11 is 0. The SMILES string of the molecule is C[C@H](NC(=O)c1nc(N)c(C(=O)N[C@@H](C)[C@H](CO)C(=O)O)nc1N)[C@H](CO)C(=O)O. The third kappa shape index (κ3) is 5.74. The largest absolute Gasteiger partial charge is 0.481 e. The second-order valence-corrected chi connectivity index (χ2v) is 6.47. The fourth-order valence-electron chi connectivity index (χ4n) is 2.45. The molecular weight excluding hydrogens is 404 g/mol. The highest BCUT2D eigenvalue weighted by atomic mass is 16.4. The number of anilines is 2. The quantitative estimate of drug-likeness (QED) is 0.189. The van der Waals surface area contributed by atoms with Crippen molar-refractivity contribution in [2.75, 3.05) is 24.7 Å². The maximum absolute atomic E-state index is 12.3. The molecule has 0 aliphatic rings. The summed E-state index contributed by atoms with van der Waals surface area (Å²) in [5, 5.41) is 40.8. The predicted octanol–water partition coefficient (Wildman–Crippen LogP) is -2.74. The molecule has 166 valence electrons. The molecule has 0 unspecified atom stereocenters. The molecular formula is C16H24N6O8. The minimum Gasteiger partial charge on any atom is -0.481 e. The molecule has 0 aromatic carbocycles. The van der Waals surface area contributed by atoms with Gasteiger partial charge in [0, 0.05) is 12.1 Å². The number of carbonyl (C=O) groups is 4. The molecule has 1 rings (SSSR count). The van der Waals surface area contributed by atoms with E-state index in [1.54, 1.807) is 0 Å². The fourth-order valence-corrected chi connectivity index (χ4v) is 2.45. The van der Waals surface area contributed by atoms with Gasteiger partial charge in [0.15, 0.2) is 23.0 Å². The highest BCUT2D eigenvalue weighted by Crippen LogP contribution is 2.15. The minimum atomic E-state index is -1.33. The molecule has 0 bridgehead atoms. The summed E-state index contributed by atoms with van der Waals surface area (Å²) in [7, 11) is 0. The lowest BCUT2D eigenvalue weighted by Gasteiger charge is -2.20. The van der Waals surface area contributed by atoms with Crippen LogP contribution in [0.1, 0.15) is 34.8 Å². The summed E-state index contributed by atoms with van der Waals surface area (Å²) in [6.07, 6.45) is 0. The predicted molar refractivity (Wildman–Crippen MR) is 101 cm³/mol. The van der Waals surface area contributed by atoms with Gasteiger partial charge in [0.05, 0.1) is 25.0 Å². The number of carboxylic acid groups (broad SMARTS) is 2. The Morgan fingerprint density at radius 1 is 0.800 bits per heavy atom. The first-order valence-electron chi connectivity index (χ1n) is 8.66. The van der Waals surface area contributed by atoms with E-state index >= 15 is 0 Å². The maximum atomic E-state index is 12.3. The normalized spacial score (nSPS) is 14.8. The lowest BCUT2D eigenvalue weighted by Crippen LogP contribution is -2.44. The molecule has 1 heterocycles. The van der Waals surface area contributed by atoms with Crippen LogP contribution in [0.4, 0.5) is 11.6 Å². The molecule has 2 amide bonds. The second-order valence-electron chi connectivity index (χ2n) is 6.47. The molecule has 0 radical (unpaired) electrons. The van der Waals surface area contributed by atoms with Crippen molar-refractivity contribution in [2.45, 2.75) is 25.9 Å². The lowest BCUT2D eigenvalue weighted by molar-refractivity contribution is -0.145. The van der Waals surface area contributed by atoms with Crippen molar-refractivity contribution in [2.24, 2.45) is 11.8 Å². The summed E-state index contributed by atoms with van der Waals surface area (Å²) in [4.78, 5) is 54.2. The van der Waals surface area contributed by atoms with Crippen molar-refractivity contribution in [1.29, 1.82) is 0 Å². The van der Waals surface area contributed by atoms with Crippen LogP contribution in [0.3, 0.4) is 0 Å². The van der Waals surface area contributed by atoms with E-state index in [4.69, 9.17) is 31.9 Å². The van der Waals surface area contributed by atoms with Crippen molar-refractivity contribution in [3.8, 4) is 0 Å². The Kier molecular flexibility index (Phi) is 8.43. The van der Waals surface area contributed by atoms with Crippen molar-refractivity contribution < 1.29 is 39.6 Å². The number of aromatic nitrogens is 2. The zero-order valence-electron chi connectivity index (χ0n) is 16.2. The second kappa shape index (κ2) is 10.3. The number of nitrogen functional groups attached to an aromatic ring is 2. The molecule has 14 nitrogen and oxygen atoms in total. The summed E-state index contributed by atoms with van der Waals surface area (Å²) in [5.41, 5.74) is 10.4. The minimum absolute atomic E-state index is 0.468. The number of rotatable bonds is 10. The van der Waals surface area contributed by atoms with E-state index in [0.29, 0.717) is 0 Å². The van der Waals surface area contributed by atoms with Crippen LogP contribution in [0, 0.1) is 11.8 Å². The van der Waals surface area contributed by atoms with E-state index in [1.165, 1.54) is 13.8 Å². The van der Waals surface area contributed by atoms with Crippen molar-refractivity contribution in [3.05, 3.63) is 11.4 Å². The Morgan fingerprint density at radius 3 is 1.33 bits per heavy atom. The van der Waals surface area contributed by atoms with Gasteiger partial charge in [-0.15, -0.1) is 0 Å². The van der Waals surface area contributed by atoms with Gasteiger partial charge in [-0.05, 0) is 13.8 Å². The number of nitrogens with one attached hydrogen (secondary N) is 2. The molecule has 14 heteroatoms. The molecule has 0 saturated carbocycles. The zero-order chi connectivity index (χ0) is 23.2. The molecule has 0 saturated heterocycles. The molecule has 0 aliphatic carbocycles. The highest BCUT2D eigenvalue weighted by Gasteiger charge is 2.29. The van der Waals surface area contributed by atoms with E-state index in [1.807, 2.05) is 0 Å². The van der Waals surface area contributed by atoms with E-state index in [2.05, 4.69) is 20.6 Å². The van der Waals surface area contributed by atoms with Gasteiger partial charge in [-0.1, -0.05) is 0 Å². The topological polar surface area (TPSA) is 251 Å². The van der Waals surface area contributed by atoms with Crippen LogP contribution in [0.2, 0.25) is 0 Å². The van der Waals surface area contributed by atoms with Crippen molar-refractivity contribution >= 4 is 35.4 Å². The van der Waals surface area contributed by atoms with Gasteiger partial charge >= 0.3 is 11.9 Å². The number of aliphatic hydroxyl groups excluding tert-OH is 2. The van der Waals surface area contributed by atoms with Crippen LogP contribution in [-0.2, 0) is 9.59 Å². The van der Waals surface area contributed by atoms with Crippen LogP contribution in [0.15, 0.2) is 0 Å². The molecule has 0 spiro atoms. The monoisotopic (exact) mass is 428 g/mol. The first kappa shape index (κ1) is 24.5. The molecule has 30 heavy (non-hydrogen) atoms. The van der Waals surface area contributed by atoms with E-state index in [0.717, 1.165) is 0 Å². The molecule has 10 N–H and O–H groups in total. The summed E-state index contributed by atoms with van der Waals surface area (Å²) < 4.78 is 0. The molecule has 0 fully saturated rings. The van der Waals surface area contributed by atoms with Gasteiger partial charge < -0.3 is 42.5 Å². The average Bonchev–Trinajstić information content (AvgIpc) is 2.63. The van der Waals surface area contributed by atoms with Gasteiger partial charge in [-0.3, -0.25) is 19.2 Å². The van der Waals surface area contributed by atoms with Gasteiger partial charge in [-0.2, -0.15) is 0 Å². The number of nitrogens with two attached hydrogens (primary N) is 2. The Balaban J connectivity index is 3.03. The van der Waals surface area contributed by atoms with E-state index in [-0.39, 0.29) is 0 Å². The summed E-state index contributed by atoms with van der Waals surface area (Å²) in [5.74, 6) is -8.03. The van der Waals surface area contributed by atoms with Crippen LogP contribution in [0.5, 0.6) is 0 Å². The fraction of sp³-hybridized carbons (Fsp3) is 0.500. The Labute approximate surface area is 170 Å². The van der Waals surface area contributed by atoms with E-state index < -0.39 is 83.9 Å². The van der Waals surface area contributed by atoms with Gasteiger partial charge in [0.1, 0.15) is 0 Å². The van der Waals surface area contributed by atoms with E-state index in [9.17, 15) is 19.2 Å². The zero-order valence-corrected chi connectivity index (χ0v) is 16.2. The van der Waals surface area contributed by atoms with Crippen molar-refractivity contribution in [1.82, 2.24) is 20.6 Å². The number of nitrogens with zero attached hydrogens (tertiary/aromatic N) is 2. The number of hydrogen-bond donors (Lipinski definition) is 8. The summed E-state index contributed by atoms with van der Waals surface area (Å²) in [6.45, 7) is 1.26. The van der Waals surface area contributed by atoms with Gasteiger partial charge in [0.25, 0.3) is 11.8 Å². The maximum Gasteiger partial charge on any atom is 0.310 e. The van der Waals surface area contributed by atoms with Crippen LogP contribution in [0.25, 0.3) is 0 Å². The van der Waals surface area contributed by atoms with Crippen molar-refractivity contribution in [3.63, 3.8) is 0 Å². The number of carbonyl (C=O) groups excluding carboxylic acids is 2. The van der Waals surface area contributed by atoms with Crippen LogP contribution in [-0.4, -0.2) is 79.4 Å². The lowest BCUT2D eigenvalue weighted by atomic mass is 10.0. The molecule has 1 aromatic heterocycles. The summed E-state index contributed by atoms with van der Waals surface area (Å²) in [6, 6.07) is -1.98. The first-order valence-corrected chi connectivity index (χ1v) is 8.66. The molecule has 0 aliphatic heterocycles. The van der Waals surface area contributed by atoms with Gasteiger partial charge in [0.2, 0.25) is 0 Å². The third-order valence-corrected chi connectivity index (χ3v) is 4.33. The number of amides is 2. The number of hydrogen-bond acceptors (Lipinski definition) is 10. The standard InChI is InChI=1S/C16H24N6O8/c1-5(7(3-23)15(27)28)19-13(25)9-11(17)22-10(12(18)21-9)14(26)20-6(2)8(4-24)16(29)30/h5-8,23-24H,3-4H2,1-2H3,(H2,18,21)(H2,17,22)(H,19,25)(H,20,26)(H,27,28)(H,29,30)/t5-,6-,7-,8-/m0/s1.